The molecule has 21 heavy (non-hydrogen) atoms. The molecule has 2 aromatic carbocycles. The van der Waals surface area contributed by atoms with Gasteiger partial charge in [-0.15, -0.1) is 0 Å². The Morgan fingerprint density at radius 2 is 1.71 bits per heavy atom. The molecule has 0 aromatic heterocycles. The minimum absolute atomic E-state index is 0.110. The van der Waals surface area contributed by atoms with Crippen molar-refractivity contribution in [3.05, 3.63) is 59.4 Å². The second kappa shape index (κ2) is 5.69. The van der Waals surface area contributed by atoms with Gasteiger partial charge in [0.1, 0.15) is 10.8 Å². The first-order valence-electron chi connectivity index (χ1n) is 5.81. The molecule has 0 atom stereocenters. The van der Waals surface area contributed by atoms with Crippen molar-refractivity contribution >= 4 is 28.6 Å². The third-order valence-electron chi connectivity index (χ3n) is 2.75. The van der Waals surface area contributed by atoms with Crippen LogP contribution < -0.4 is 11.1 Å². The molecule has 2 aromatic rings. The van der Waals surface area contributed by atoms with Crippen molar-refractivity contribution in [1.29, 1.82) is 0 Å². The van der Waals surface area contributed by atoms with E-state index >= 15 is 0 Å². The van der Waals surface area contributed by atoms with Crippen molar-refractivity contribution in [2.45, 2.75) is 6.18 Å². The topological polar surface area (TPSA) is 38.0 Å². The van der Waals surface area contributed by atoms with Gasteiger partial charge in [-0.3, -0.25) is 0 Å². The minimum atomic E-state index is -4.51. The molecule has 0 heterocycles. The maximum absolute atomic E-state index is 13.2. The predicted octanol–water partition coefficient (Wildman–Crippen LogP) is 4.22. The van der Waals surface area contributed by atoms with Crippen LogP contribution in [0.15, 0.2) is 42.5 Å². The zero-order chi connectivity index (χ0) is 15.6. The first-order valence-corrected chi connectivity index (χ1v) is 6.22. The van der Waals surface area contributed by atoms with E-state index in [9.17, 15) is 17.6 Å². The lowest BCUT2D eigenvalue weighted by atomic mass is 10.1. The van der Waals surface area contributed by atoms with Crippen LogP contribution in [0.3, 0.4) is 0 Å². The van der Waals surface area contributed by atoms with Gasteiger partial charge in [-0.25, -0.2) is 4.39 Å². The van der Waals surface area contributed by atoms with Crippen molar-refractivity contribution in [3.63, 3.8) is 0 Å². The molecule has 0 saturated heterocycles. The van der Waals surface area contributed by atoms with Crippen LogP contribution in [0.4, 0.5) is 28.9 Å². The Bertz CT molecular complexity index is 683. The number of para-hydroxylation sites is 1. The lowest BCUT2D eigenvalue weighted by Gasteiger charge is -2.16. The normalized spacial score (nSPS) is 11.2. The third-order valence-corrected chi connectivity index (χ3v) is 2.97. The Morgan fingerprint density at radius 3 is 2.33 bits per heavy atom. The first-order chi connectivity index (χ1) is 9.79. The molecule has 0 aliphatic rings. The van der Waals surface area contributed by atoms with E-state index in [1.807, 2.05) is 0 Å². The SMILES string of the molecule is NC(=S)c1cc(F)ccc1Nc1ccccc1C(F)(F)F. The highest BCUT2D eigenvalue weighted by molar-refractivity contribution is 7.80. The number of thiocarbonyl (C=S) groups is 1. The molecule has 0 unspecified atom stereocenters. The summed E-state index contributed by atoms with van der Waals surface area (Å²) in [6, 6.07) is 8.44. The summed E-state index contributed by atoms with van der Waals surface area (Å²) < 4.78 is 52.0. The fraction of sp³-hybridized carbons (Fsp3) is 0.0714. The summed E-state index contributed by atoms with van der Waals surface area (Å²) >= 11 is 4.78. The summed E-state index contributed by atoms with van der Waals surface area (Å²) in [5.41, 5.74) is 4.82. The first kappa shape index (κ1) is 15.2. The van der Waals surface area contributed by atoms with Gasteiger partial charge in [0.05, 0.1) is 11.3 Å². The summed E-state index contributed by atoms with van der Waals surface area (Å²) in [6.07, 6.45) is -4.51. The van der Waals surface area contributed by atoms with Crippen LogP contribution in [0.5, 0.6) is 0 Å². The van der Waals surface area contributed by atoms with Crippen molar-refractivity contribution < 1.29 is 17.6 Å². The van der Waals surface area contributed by atoms with E-state index in [0.717, 1.165) is 18.2 Å². The van der Waals surface area contributed by atoms with Crippen LogP contribution >= 0.6 is 12.2 Å². The number of rotatable bonds is 3. The summed E-state index contributed by atoms with van der Waals surface area (Å²) in [5.74, 6) is -0.576. The van der Waals surface area contributed by atoms with Gasteiger partial charge >= 0.3 is 6.18 Å². The molecule has 110 valence electrons. The molecule has 0 saturated carbocycles. The monoisotopic (exact) mass is 314 g/mol. The lowest BCUT2D eigenvalue weighted by molar-refractivity contribution is -0.136. The Kier molecular flexibility index (Phi) is 4.13. The average Bonchev–Trinajstić information content (AvgIpc) is 2.40. The molecule has 7 heteroatoms. The molecule has 0 aliphatic carbocycles. The van der Waals surface area contributed by atoms with E-state index in [2.05, 4.69) is 5.32 Å². The Labute approximate surface area is 123 Å². The highest BCUT2D eigenvalue weighted by atomic mass is 32.1. The van der Waals surface area contributed by atoms with Crippen molar-refractivity contribution in [2.75, 3.05) is 5.32 Å². The molecule has 3 N–H and O–H groups in total. The number of alkyl halides is 3. The fourth-order valence-corrected chi connectivity index (χ4v) is 1.98. The van der Waals surface area contributed by atoms with E-state index in [0.29, 0.717) is 0 Å². The fourth-order valence-electron chi connectivity index (χ4n) is 1.81. The summed E-state index contributed by atoms with van der Waals surface area (Å²) in [4.78, 5) is -0.110. The van der Waals surface area contributed by atoms with Crippen molar-refractivity contribution in [1.82, 2.24) is 0 Å². The van der Waals surface area contributed by atoms with Gasteiger partial charge in [-0.2, -0.15) is 13.2 Å². The molecule has 0 bridgehead atoms. The zero-order valence-electron chi connectivity index (χ0n) is 10.5. The molecule has 0 radical (unpaired) electrons. The Morgan fingerprint density at radius 1 is 1.05 bits per heavy atom. The van der Waals surface area contributed by atoms with Gasteiger partial charge in [0.15, 0.2) is 0 Å². The number of anilines is 2. The molecule has 0 amide bonds. The number of nitrogens with one attached hydrogen (secondary N) is 1. The van der Waals surface area contributed by atoms with Gasteiger partial charge < -0.3 is 11.1 Å². The van der Waals surface area contributed by atoms with Gasteiger partial charge in [-0.05, 0) is 30.3 Å². The number of benzene rings is 2. The van der Waals surface area contributed by atoms with Crippen LogP contribution in [0.25, 0.3) is 0 Å². The highest BCUT2D eigenvalue weighted by Gasteiger charge is 2.33. The van der Waals surface area contributed by atoms with E-state index in [-0.39, 0.29) is 21.9 Å². The van der Waals surface area contributed by atoms with Crippen LogP contribution in [-0.2, 0) is 6.18 Å². The second-order valence-corrected chi connectivity index (χ2v) is 4.66. The van der Waals surface area contributed by atoms with Crippen molar-refractivity contribution in [2.24, 2.45) is 5.73 Å². The molecule has 2 nitrogen and oxygen atoms in total. The predicted molar refractivity (Wildman–Crippen MR) is 77.0 cm³/mol. The number of hydrogen-bond donors (Lipinski definition) is 2. The Hall–Kier alpha value is -2.15. The molecule has 0 fully saturated rings. The maximum Gasteiger partial charge on any atom is 0.418 e. The van der Waals surface area contributed by atoms with Gasteiger partial charge in [0.25, 0.3) is 0 Å². The Balaban J connectivity index is 2.47. The minimum Gasteiger partial charge on any atom is -0.389 e. The quantitative estimate of drug-likeness (QED) is 0.658. The summed E-state index contributed by atoms with van der Waals surface area (Å²) in [5, 5.41) is 2.60. The number of halogens is 4. The van der Waals surface area contributed by atoms with Gasteiger partial charge in [0, 0.05) is 11.3 Å². The van der Waals surface area contributed by atoms with Crippen LogP contribution in [-0.4, -0.2) is 4.99 Å². The average molecular weight is 314 g/mol. The summed E-state index contributed by atoms with van der Waals surface area (Å²) in [6.45, 7) is 0. The second-order valence-electron chi connectivity index (χ2n) is 4.22. The van der Waals surface area contributed by atoms with E-state index in [1.165, 1.54) is 24.3 Å². The number of nitrogens with two attached hydrogens (primary N) is 1. The maximum atomic E-state index is 13.2. The van der Waals surface area contributed by atoms with E-state index < -0.39 is 17.6 Å². The van der Waals surface area contributed by atoms with Crippen molar-refractivity contribution in [3.8, 4) is 0 Å². The highest BCUT2D eigenvalue weighted by Crippen LogP contribution is 2.36. The van der Waals surface area contributed by atoms with Crippen LogP contribution in [0.1, 0.15) is 11.1 Å². The van der Waals surface area contributed by atoms with Gasteiger partial charge in [0.2, 0.25) is 0 Å². The largest absolute Gasteiger partial charge is 0.418 e. The molecular formula is C14H10F4N2S. The standard InChI is InChI=1S/C14H10F4N2S/c15-8-5-6-11(9(7-8)13(19)21)20-12-4-2-1-3-10(12)14(16,17)18/h1-7,20H,(H2,19,21). The molecular weight excluding hydrogens is 304 g/mol. The zero-order valence-corrected chi connectivity index (χ0v) is 11.4. The number of hydrogen-bond acceptors (Lipinski definition) is 2. The lowest BCUT2D eigenvalue weighted by Crippen LogP contribution is -2.14. The molecule has 2 rings (SSSR count). The van der Waals surface area contributed by atoms with E-state index in [1.54, 1.807) is 0 Å². The van der Waals surface area contributed by atoms with Crippen LogP contribution in [0, 0.1) is 5.82 Å². The van der Waals surface area contributed by atoms with Gasteiger partial charge in [-0.1, -0.05) is 24.4 Å². The smallest absolute Gasteiger partial charge is 0.389 e. The van der Waals surface area contributed by atoms with E-state index in [4.69, 9.17) is 18.0 Å². The molecule has 0 spiro atoms. The molecule has 0 aliphatic heterocycles. The summed E-state index contributed by atoms with van der Waals surface area (Å²) in [7, 11) is 0. The third kappa shape index (κ3) is 3.49. The van der Waals surface area contributed by atoms with Crippen LogP contribution in [0.2, 0.25) is 0 Å².